The SMILES string of the molecule is CCOC(=O)c1ccc(N2C(=O)C(CC(=O)Nc3ccc(Cl)cc3)N(CCCN3CCN(c4cccc(Cl)c4)CC3)C2=S)cc1. The molecule has 0 bridgehead atoms. The van der Waals surface area contributed by atoms with Crippen LogP contribution in [0, 0.1) is 0 Å². The fourth-order valence-electron chi connectivity index (χ4n) is 5.57. The van der Waals surface area contributed by atoms with Crippen molar-refractivity contribution in [2.45, 2.75) is 25.8 Å². The Labute approximate surface area is 278 Å². The Kier molecular flexibility index (Phi) is 10.9. The highest BCUT2D eigenvalue weighted by molar-refractivity contribution is 7.80. The van der Waals surface area contributed by atoms with Gasteiger partial charge in [-0.05, 0) is 98.8 Å². The number of carbonyl (C=O) groups is 3. The third-order valence-corrected chi connectivity index (χ3v) is 8.79. The third-order valence-electron chi connectivity index (χ3n) is 7.88. The van der Waals surface area contributed by atoms with Crippen LogP contribution < -0.4 is 15.1 Å². The number of hydrogen-bond acceptors (Lipinski definition) is 7. The first-order valence-electron chi connectivity index (χ1n) is 14.9. The highest BCUT2D eigenvalue weighted by atomic mass is 35.5. The molecule has 2 aliphatic rings. The molecule has 0 radical (unpaired) electrons. The van der Waals surface area contributed by atoms with E-state index in [1.54, 1.807) is 55.5 Å². The summed E-state index contributed by atoms with van der Waals surface area (Å²) in [5.74, 6) is -1.03. The van der Waals surface area contributed by atoms with Crippen LogP contribution in [-0.4, -0.2) is 84.6 Å². The van der Waals surface area contributed by atoms with E-state index in [1.165, 1.54) is 4.90 Å². The van der Waals surface area contributed by atoms with E-state index >= 15 is 0 Å². The number of ether oxygens (including phenoxy) is 1. The Hall–Kier alpha value is -3.70. The average molecular weight is 669 g/mol. The number of halogens is 2. The minimum Gasteiger partial charge on any atom is -0.462 e. The van der Waals surface area contributed by atoms with Crippen molar-refractivity contribution in [2.24, 2.45) is 0 Å². The lowest BCUT2D eigenvalue weighted by molar-refractivity contribution is -0.124. The molecule has 2 aliphatic heterocycles. The molecule has 236 valence electrons. The summed E-state index contributed by atoms with van der Waals surface area (Å²) >= 11 is 18.0. The molecule has 2 amide bonds. The van der Waals surface area contributed by atoms with Crippen molar-refractivity contribution in [1.82, 2.24) is 9.80 Å². The Bertz CT molecular complexity index is 1530. The lowest BCUT2D eigenvalue weighted by atomic mass is 10.1. The number of carbonyl (C=O) groups excluding carboxylic acids is 3. The van der Waals surface area contributed by atoms with E-state index in [0.717, 1.165) is 49.9 Å². The number of piperazine rings is 1. The van der Waals surface area contributed by atoms with Gasteiger partial charge in [-0.15, -0.1) is 0 Å². The molecule has 0 aliphatic carbocycles. The number of thiocarbonyl (C=S) groups is 1. The minimum atomic E-state index is -0.769. The molecule has 1 N–H and O–H groups in total. The van der Waals surface area contributed by atoms with E-state index in [2.05, 4.69) is 21.2 Å². The highest BCUT2D eigenvalue weighted by Crippen LogP contribution is 2.29. The van der Waals surface area contributed by atoms with E-state index in [4.69, 9.17) is 40.2 Å². The van der Waals surface area contributed by atoms with Gasteiger partial charge in [0.05, 0.1) is 24.3 Å². The fourth-order valence-corrected chi connectivity index (χ4v) is 6.30. The number of nitrogens with one attached hydrogen (secondary N) is 1. The number of anilines is 3. The number of rotatable bonds is 11. The normalized spacial score (nSPS) is 17.1. The van der Waals surface area contributed by atoms with Crippen molar-refractivity contribution in [2.75, 3.05) is 61.0 Å². The summed E-state index contributed by atoms with van der Waals surface area (Å²) < 4.78 is 5.08. The van der Waals surface area contributed by atoms with Crippen LogP contribution >= 0.6 is 35.4 Å². The van der Waals surface area contributed by atoms with Crippen molar-refractivity contribution < 1.29 is 19.1 Å². The maximum absolute atomic E-state index is 13.8. The van der Waals surface area contributed by atoms with E-state index in [9.17, 15) is 14.4 Å². The zero-order chi connectivity index (χ0) is 31.9. The lowest BCUT2D eigenvalue weighted by Crippen LogP contribution is -2.47. The Morgan fingerprint density at radius 3 is 2.29 bits per heavy atom. The van der Waals surface area contributed by atoms with Gasteiger partial charge in [0.2, 0.25) is 5.91 Å². The van der Waals surface area contributed by atoms with Gasteiger partial charge in [0.15, 0.2) is 5.11 Å². The van der Waals surface area contributed by atoms with Crippen LogP contribution in [0.1, 0.15) is 30.1 Å². The Morgan fingerprint density at radius 1 is 0.911 bits per heavy atom. The van der Waals surface area contributed by atoms with Crippen LogP contribution in [0.2, 0.25) is 10.0 Å². The highest BCUT2D eigenvalue weighted by Gasteiger charge is 2.44. The van der Waals surface area contributed by atoms with Gasteiger partial charge < -0.3 is 19.9 Å². The van der Waals surface area contributed by atoms with Gasteiger partial charge in [-0.2, -0.15) is 0 Å². The second kappa shape index (κ2) is 15.1. The summed E-state index contributed by atoms with van der Waals surface area (Å²) in [6, 6.07) is 20.5. The molecule has 12 heteroatoms. The van der Waals surface area contributed by atoms with Crippen molar-refractivity contribution in [3.05, 3.63) is 88.4 Å². The molecule has 3 aromatic carbocycles. The number of benzene rings is 3. The first-order chi connectivity index (χ1) is 21.7. The van der Waals surface area contributed by atoms with Crippen LogP contribution in [0.4, 0.5) is 17.1 Å². The molecule has 0 saturated carbocycles. The maximum atomic E-state index is 13.8. The summed E-state index contributed by atoms with van der Waals surface area (Å²) in [5.41, 5.74) is 2.62. The van der Waals surface area contributed by atoms with Crippen LogP contribution in [0.25, 0.3) is 0 Å². The lowest BCUT2D eigenvalue weighted by Gasteiger charge is -2.36. The summed E-state index contributed by atoms with van der Waals surface area (Å²) in [7, 11) is 0. The predicted molar refractivity (Wildman–Crippen MR) is 182 cm³/mol. The number of esters is 1. The van der Waals surface area contributed by atoms with Crippen molar-refractivity contribution in [1.29, 1.82) is 0 Å². The van der Waals surface area contributed by atoms with Crippen LogP contribution in [0.3, 0.4) is 0 Å². The molecule has 45 heavy (non-hydrogen) atoms. The molecule has 3 aromatic rings. The van der Waals surface area contributed by atoms with Gasteiger partial charge >= 0.3 is 5.97 Å². The molecular weight excluding hydrogens is 633 g/mol. The monoisotopic (exact) mass is 667 g/mol. The third kappa shape index (κ3) is 8.12. The van der Waals surface area contributed by atoms with Crippen LogP contribution in [0.15, 0.2) is 72.8 Å². The second-order valence-corrected chi connectivity index (χ2v) is 12.1. The van der Waals surface area contributed by atoms with Gasteiger partial charge in [-0.1, -0.05) is 29.3 Å². The summed E-state index contributed by atoms with van der Waals surface area (Å²) in [6.07, 6.45) is 0.687. The summed E-state index contributed by atoms with van der Waals surface area (Å²) in [6.45, 7) is 6.94. The fraction of sp³-hybridized carbons (Fsp3) is 0.333. The largest absolute Gasteiger partial charge is 0.462 e. The smallest absolute Gasteiger partial charge is 0.338 e. The van der Waals surface area contributed by atoms with Crippen molar-refractivity contribution >= 4 is 75.4 Å². The van der Waals surface area contributed by atoms with E-state index in [0.29, 0.717) is 33.6 Å². The quantitative estimate of drug-likeness (QED) is 0.206. The zero-order valence-corrected chi connectivity index (χ0v) is 27.3. The molecule has 9 nitrogen and oxygen atoms in total. The number of amides is 2. The van der Waals surface area contributed by atoms with Gasteiger partial charge in [-0.25, -0.2) is 4.79 Å². The number of nitrogens with zero attached hydrogens (tertiary/aromatic N) is 4. The van der Waals surface area contributed by atoms with E-state index in [-0.39, 0.29) is 24.8 Å². The molecule has 1 atom stereocenters. The Morgan fingerprint density at radius 2 is 1.62 bits per heavy atom. The van der Waals surface area contributed by atoms with Gasteiger partial charge in [0, 0.05) is 54.1 Å². The van der Waals surface area contributed by atoms with Crippen molar-refractivity contribution in [3.8, 4) is 0 Å². The van der Waals surface area contributed by atoms with Gasteiger partial charge in [0.25, 0.3) is 5.91 Å². The summed E-state index contributed by atoms with van der Waals surface area (Å²) in [5, 5.41) is 4.48. The van der Waals surface area contributed by atoms with E-state index < -0.39 is 12.0 Å². The molecule has 0 aromatic heterocycles. The first kappa shape index (κ1) is 32.7. The standard InChI is InChI=1S/C33H35Cl2N5O4S/c1-2-44-32(43)23-7-13-27(14-8-23)40-31(42)29(22-30(41)36-26-11-9-24(34)10-12-26)39(33(40)45)16-4-15-37-17-19-38(20-18-37)28-6-3-5-25(35)21-28/h3,5-14,21,29H,2,4,15-20,22H2,1H3,(H,36,41). The van der Waals surface area contributed by atoms with Gasteiger partial charge in [0.1, 0.15) is 6.04 Å². The maximum Gasteiger partial charge on any atom is 0.338 e. The van der Waals surface area contributed by atoms with Crippen LogP contribution in [0.5, 0.6) is 0 Å². The first-order valence-corrected chi connectivity index (χ1v) is 16.1. The molecule has 0 spiro atoms. The minimum absolute atomic E-state index is 0.0721. The molecule has 1 unspecified atom stereocenters. The molecule has 2 heterocycles. The average Bonchev–Trinajstić information content (AvgIpc) is 3.26. The molecule has 5 rings (SSSR count). The zero-order valence-electron chi connectivity index (χ0n) is 25.0. The number of hydrogen-bond donors (Lipinski definition) is 1. The second-order valence-electron chi connectivity index (χ2n) is 10.9. The topological polar surface area (TPSA) is 85.4 Å². The Balaban J connectivity index is 1.25. The molecule has 2 fully saturated rings. The van der Waals surface area contributed by atoms with Crippen molar-refractivity contribution in [3.63, 3.8) is 0 Å². The molecular formula is C33H35Cl2N5O4S. The molecule has 2 saturated heterocycles. The van der Waals surface area contributed by atoms with Crippen LogP contribution in [-0.2, 0) is 14.3 Å². The van der Waals surface area contributed by atoms with Gasteiger partial charge in [-0.3, -0.25) is 19.4 Å². The summed E-state index contributed by atoms with van der Waals surface area (Å²) in [4.78, 5) is 47.1. The van der Waals surface area contributed by atoms with E-state index in [1.807, 2.05) is 23.1 Å². The predicted octanol–water partition coefficient (Wildman–Crippen LogP) is 5.71.